The van der Waals surface area contributed by atoms with Crippen molar-refractivity contribution < 1.29 is 9.47 Å². The molecule has 6 heteroatoms. The summed E-state index contributed by atoms with van der Waals surface area (Å²) in [5.74, 6) is 1.65. The van der Waals surface area contributed by atoms with Gasteiger partial charge in [-0.15, -0.1) is 0 Å². The monoisotopic (exact) mass is 377 g/mol. The van der Waals surface area contributed by atoms with Gasteiger partial charge in [-0.05, 0) is 56.1 Å². The molecule has 5 rings (SSSR count). The van der Waals surface area contributed by atoms with E-state index in [1.165, 1.54) is 5.56 Å². The Balaban J connectivity index is 1.43. The highest BCUT2D eigenvalue weighted by molar-refractivity contribution is 5.45. The van der Waals surface area contributed by atoms with Crippen molar-refractivity contribution in [2.45, 2.75) is 32.4 Å². The van der Waals surface area contributed by atoms with E-state index < -0.39 is 0 Å². The molecular formula is C22H23N3O3. The number of aryl methyl sites for hydroxylation is 1. The molecule has 3 aromatic rings. The van der Waals surface area contributed by atoms with Gasteiger partial charge in [0.25, 0.3) is 5.56 Å². The van der Waals surface area contributed by atoms with E-state index in [2.05, 4.69) is 17.0 Å². The quantitative estimate of drug-likeness (QED) is 0.702. The molecule has 0 N–H and O–H groups in total. The number of aromatic nitrogens is 2. The zero-order valence-corrected chi connectivity index (χ0v) is 15.9. The van der Waals surface area contributed by atoms with E-state index in [4.69, 9.17) is 14.5 Å². The summed E-state index contributed by atoms with van der Waals surface area (Å²) in [6.07, 6.45) is 2.22. The Morgan fingerprint density at radius 2 is 1.96 bits per heavy atom. The molecule has 6 nitrogen and oxygen atoms in total. The SMILES string of the molecule is Cc1cccc2nc(CN3CCC[C@H]3c3ccc4c(c3)OCCO4)cc(=O)n12. The molecule has 1 aromatic carbocycles. The number of pyridine rings is 1. The molecule has 0 aliphatic carbocycles. The van der Waals surface area contributed by atoms with Gasteiger partial charge in [0.05, 0.1) is 5.69 Å². The second-order valence-corrected chi connectivity index (χ2v) is 7.48. The van der Waals surface area contributed by atoms with Crippen molar-refractivity contribution in [2.24, 2.45) is 0 Å². The number of benzene rings is 1. The summed E-state index contributed by atoms with van der Waals surface area (Å²) in [5, 5.41) is 0. The number of ether oxygens (including phenoxy) is 2. The largest absolute Gasteiger partial charge is 0.486 e. The van der Waals surface area contributed by atoms with Crippen molar-refractivity contribution in [1.29, 1.82) is 0 Å². The van der Waals surface area contributed by atoms with Gasteiger partial charge in [0.1, 0.15) is 18.9 Å². The first kappa shape index (κ1) is 17.3. The molecule has 1 fully saturated rings. The van der Waals surface area contributed by atoms with Crippen molar-refractivity contribution in [1.82, 2.24) is 14.3 Å². The lowest BCUT2D eigenvalue weighted by Crippen LogP contribution is -2.26. The summed E-state index contributed by atoms with van der Waals surface area (Å²) in [7, 11) is 0. The van der Waals surface area contributed by atoms with Crippen molar-refractivity contribution >= 4 is 5.65 Å². The Labute approximate surface area is 163 Å². The first-order chi connectivity index (χ1) is 13.7. The van der Waals surface area contributed by atoms with Crippen molar-refractivity contribution in [2.75, 3.05) is 19.8 Å². The van der Waals surface area contributed by atoms with E-state index in [0.29, 0.717) is 31.4 Å². The van der Waals surface area contributed by atoms with Crippen LogP contribution in [0.1, 0.15) is 35.8 Å². The predicted molar refractivity (Wildman–Crippen MR) is 106 cm³/mol. The third-order valence-corrected chi connectivity index (χ3v) is 5.61. The number of hydrogen-bond donors (Lipinski definition) is 0. The van der Waals surface area contributed by atoms with Crippen molar-refractivity contribution in [3.05, 3.63) is 69.8 Å². The molecule has 0 amide bonds. The molecule has 2 aromatic heterocycles. The van der Waals surface area contributed by atoms with E-state index in [1.807, 2.05) is 31.2 Å². The van der Waals surface area contributed by atoms with E-state index in [9.17, 15) is 4.79 Å². The minimum Gasteiger partial charge on any atom is -0.486 e. The fourth-order valence-electron chi connectivity index (χ4n) is 4.31. The van der Waals surface area contributed by atoms with Crippen LogP contribution in [0.4, 0.5) is 0 Å². The third-order valence-electron chi connectivity index (χ3n) is 5.61. The maximum Gasteiger partial charge on any atom is 0.258 e. The minimum absolute atomic E-state index is 0.0202. The van der Waals surface area contributed by atoms with Crippen LogP contribution in [0.3, 0.4) is 0 Å². The topological polar surface area (TPSA) is 56.1 Å². The van der Waals surface area contributed by atoms with Crippen LogP contribution >= 0.6 is 0 Å². The summed E-state index contributed by atoms with van der Waals surface area (Å²) in [4.78, 5) is 19.7. The number of fused-ring (bicyclic) bond motifs is 2. The van der Waals surface area contributed by atoms with E-state index in [1.54, 1.807) is 10.5 Å². The summed E-state index contributed by atoms with van der Waals surface area (Å²) in [6.45, 7) is 4.78. The first-order valence-corrected chi connectivity index (χ1v) is 9.81. The van der Waals surface area contributed by atoms with Crippen LogP contribution in [0.25, 0.3) is 5.65 Å². The average Bonchev–Trinajstić information content (AvgIpc) is 3.15. The fourth-order valence-corrected chi connectivity index (χ4v) is 4.31. The number of rotatable bonds is 3. The van der Waals surface area contributed by atoms with Gasteiger partial charge in [0, 0.05) is 24.3 Å². The Bertz CT molecular complexity index is 1090. The van der Waals surface area contributed by atoms with Crippen LogP contribution in [0.15, 0.2) is 47.3 Å². The van der Waals surface area contributed by atoms with E-state index in [0.717, 1.165) is 42.3 Å². The fraction of sp³-hybridized carbons (Fsp3) is 0.364. The summed E-state index contributed by atoms with van der Waals surface area (Å²) in [6, 6.07) is 14.0. The third kappa shape index (κ3) is 3.03. The van der Waals surface area contributed by atoms with Gasteiger partial charge in [-0.2, -0.15) is 0 Å². The van der Waals surface area contributed by atoms with Crippen LogP contribution in [-0.2, 0) is 6.54 Å². The van der Waals surface area contributed by atoms with E-state index in [-0.39, 0.29) is 5.56 Å². The number of hydrogen-bond acceptors (Lipinski definition) is 5. The molecule has 1 saturated heterocycles. The highest BCUT2D eigenvalue weighted by Gasteiger charge is 2.28. The lowest BCUT2D eigenvalue weighted by atomic mass is 10.0. The summed E-state index contributed by atoms with van der Waals surface area (Å²) < 4.78 is 13.1. The number of likely N-dealkylation sites (tertiary alicyclic amines) is 1. The Kier molecular flexibility index (Phi) is 4.28. The van der Waals surface area contributed by atoms with E-state index >= 15 is 0 Å². The van der Waals surface area contributed by atoms with Crippen molar-refractivity contribution in [3.8, 4) is 11.5 Å². The zero-order chi connectivity index (χ0) is 19.1. The molecule has 2 aliphatic heterocycles. The highest BCUT2D eigenvalue weighted by atomic mass is 16.6. The van der Waals surface area contributed by atoms with Gasteiger partial charge in [-0.25, -0.2) is 4.98 Å². The van der Waals surface area contributed by atoms with Gasteiger partial charge in [0.15, 0.2) is 11.5 Å². The molecule has 0 radical (unpaired) electrons. The van der Waals surface area contributed by atoms with Gasteiger partial charge >= 0.3 is 0 Å². The number of nitrogens with zero attached hydrogens (tertiary/aromatic N) is 3. The minimum atomic E-state index is -0.0202. The first-order valence-electron chi connectivity index (χ1n) is 9.81. The average molecular weight is 377 g/mol. The molecule has 28 heavy (non-hydrogen) atoms. The molecule has 1 atom stereocenters. The van der Waals surface area contributed by atoms with Crippen LogP contribution in [0.5, 0.6) is 11.5 Å². The van der Waals surface area contributed by atoms with Gasteiger partial charge < -0.3 is 9.47 Å². The summed E-state index contributed by atoms with van der Waals surface area (Å²) >= 11 is 0. The lowest BCUT2D eigenvalue weighted by Gasteiger charge is -2.26. The van der Waals surface area contributed by atoms with Crippen molar-refractivity contribution in [3.63, 3.8) is 0 Å². The Morgan fingerprint density at radius 3 is 2.86 bits per heavy atom. The maximum absolute atomic E-state index is 12.6. The summed E-state index contributed by atoms with van der Waals surface area (Å²) in [5.41, 5.74) is 3.64. The molecule has 2 aliphatic rings. The normalized spacial score (nSPS) is 19.2. The predicted octanol–water partition coefficient (Wildman–Crippen LogP) is 3.11. The Hall–Kier alpha value is -2.86. The molecule has 0 spiro atoms. The highest BCUT2D eigenvalue weighted by Crippen LogP contribution is 2.38. The standard InChI is InChI=1S/C22H23N3O3/c1-15-4-2-6-21-23-17(13-22(26)25(15)21)14-24-9-3-5-18(24)16-7-8-19-20(12-16)28-11-10-27-19/h2,4,6-8,12-13,18H,3,5,9-11,14H2,1H3/t18-/m0/s1. The molecule has 144 valence electrons. The maximum atomic E-state index is 12.6. The van der Waals surface area contributed by atoms with Crippen LogP contribution in [0.2, 0.25) is 0 Å². The second kappa shape index (κ2) is 6.95. The van der Waals surface area contributed by atoms with Gasteiger partial charge in [0.2, 0.25) is 0 Å². The van der Waals surface area contributed by atoms with Crippen LogP contribution in [-0.4, -0.2) is 34.0 Å². The zero-order valence-electron chi connectivity index (χ0n) is 15.9. The second-order valence-electron chi connectivity index (χ2n) is 7.48. The van der Waals surface area contributed by atoms with Gasteiger partial charge in [-0.3, -0.25) is 14.1 Å². The van der Waals surface area contributed by atoms with Crippen LogP contribution < -0.4 is 15.0 Å². The molecule has 0 bridgehead atoms. The smallest absolute Gasteiger partial charge is 0.258 e. The molecular weight excluding hydrogens is 354 g/mol. The van der Waals surface area contributed by atoms with Gasteiger partial charge in [-0.1, -0.05) is 12.1 Å². The molecule has 4 heterocycles. The Morgan fingerprint density at radius 1 is 1.11 bits per heavy atom. The molecule has 0 unspecified atom stereocenters. The lowest BCUT2D eigenvalue weighted by molar-refractivity contribution is 0.170. The van der Waals surface area contributed by atoms with Crippen LogP contribution in [0, 0.1) is 6.92 Å². The molecule has 0 saturated carbocycles.